The predicted octanol–water partition coefficient (Wildman–Crippen LogP) is -0.173. The van der Waals surface area contributed by atoms with Crippen LogP contribution < -0.4 is 10.5 Å². The van der Waals surface area contributed by atoms with Gasteiger partial charge in [0.1, 0.15) is 10.6 Å². The molecule has 1 aromatic rings. The number of carbonyl (C=O) groups excluding carboxylic acids is 1. The summed E-state index contributed by atoms with van der Waals surface area (Å²) in [6.45, 7) is 2.32. The van der Waals surface area contributed by atoms with Crippen molar-refractivity contribution in [3.63, 3.8) is 0 Å². The molecule has 0 saturated carbocycles. The first-order valence-corrected chi connectivity index (χ1v) is 7.33. The molecule has 0 aliphatic rings. The van der Waals surface area contributed by atoms with Crippen molar-refractivity contribution in [3.05, 3.63) is 18.0 Å². The lowest BCUT2D eigenvalue weighted by atomic mass is 10.2. The number of nitrogens with two attached hydrogens (primary N) is 1. The van der Waals surface area contributed by atoms with Crippen LogP contribution in [0.2, 0.25) is 0 Å². The molecule has 0 bridgehead atoms. The summed E-state index contributed by atoms with van der Waals surface area (Å²) >= 11 is 0. The number of hydrogen-bond acceptors (Lipinski definition) is 4. The van der Waals surface area contributed by atoms with Crippen LogP contribution in [0.5, 0.6) is 0 Å². The van der Waals surface area contributed by atoms with E-state index in [1.165, 1.54) is 16.8 Å². The lowest BCUT2D eigenvalue weighted by molar-refractivity contribution is 0.0886. The van der Waals surface area contributed by atoms with Crippen molar-refractivity contribution in [3.8, 4) is 0 Å². The molecular weight excluding hydrogens is 270 g/mol. The Morgan fingerprint density at radius 1 is 1.58 bits per heavy atom. The van der Waals surface area contributed by atoms with Gasteiger partial charge in [0, 0.05) is 20.4 Å². The van der Waals surface area contributed by atoms with Crippen LogP contribution in [0, 0.1) is 0 Å². The standard InChI is InChI=1S/C11H19N3O4S/c1-4-8(7-18-3)13-11(15)10-5-9(6-14(10)2)19(12,16)17/h5-6,8H,4,7H2,1-3H3,(H,13,15)(H2,12,16,17). The zero-order valence-corrected chi connectivity index (χ0v) is 12.0. The van der Waals surface area contributed by atoms with Crippen LogP contribution in [0.4, 0.5) is 0 Å². The van der Waals surface area contributed by atoms with Gasteiger partial charge in [0.15, 0.2) is 0 Å². The molecule has 0 radical (unpaired) electrons. The summed E-state index contributed by atoms with van der Waals surface area (Å²) in [5.74, 6) is -0.360. The van der Waals surface area contributed by atoms with Crippen molar-refractivity contribution >= 4 is 15.9 Å². The van der Waals surface area contributed by atoms with Crippen LogP contribution in [-0.2, 0) is 21.8 Å². The zero-order valence-electron chi connectivity index (χ0n) is 11.2. The Balaban J connectivity index is 2.91. The van der Waals surface area contributed by atoms with Gasteiger partial charge < -0.3 is 14.6 Å². The molecule has 3 N–H and O–H groups in total. The van der Waals surface area contributed by atoms with E-state index in [4.69, 9.17) is 9.88 Å². The Morgan fingerprint density at radius 3 is 2.63 bits per heavy atom. The molecule has 1 unspecified atom stereocenters. The largest absolute Gasteiger partial charge is 0.383 e. The number of aromatic nitrogens is 1. The average molecular weight is 289 g/mol. The molecule has 0 saturated heterocycles. The first-order valence-electron chi connectivity index (χ1n) is 5.78. The minimum absolute atomic E-state index is 0.0834. The Bertz CT molecular complexity index is 550. The fraction of sp³-hybridized carbons (Fsp3) is 0.545. The normalized spacial score (nSPS) is 13.3. The maximum absolute atomic E-state index is 12.0. The Hall–Kier alpha value is -1.38. The van der Waals surface area contributed by atoms with Crippen molar-refractivity contribution in [1.29, 1.82) is 0 Å². The molecule has 7 nitrogen and oxygen atoms in total. The summed E-state index contributed by atoms with van der Waals surface area (Å²) in [6, 6.07) is 1.13. The van der Waals surface area contributed by atoms with Crippen LogP contribution >= 0.6 is 0 Å². The molecule has 8 heteroatoms. The number of nitrogens with one attached hydrogen (secondary N) is 1. The number of sulfonamides is 1. The first kappa shape index (κ1) is 15.7. The van der Waals surface area contributed by atoms with Gasteiger partial charge in [-0.2, -0.15) is 0 Å². The molecule has 0 aliphatic carbocycles. The van der Waals surface area contributed by atoms with Crippen molar-refractivity contribution in [2.75, 3.05) is 13.7 Å². The van der Waals surface area contributed by atoms with Crippen LogP contribution in [0.1, 0.15) is 23.8 Å². The van der Waals surface area contributed by atoms with E-state index in [1.807, 2.05) is 6.92 Å². The molecule has 0 spiro atoms. The maximum Gasteiger partial charge on any atom is 0.268 e. The first-order chi connectivity index (χ1) is 8.79. The van der Waals surface area contributed by atoms with E-state index in [2.05, 4.69) is 5.32 Å². The fourth-order valence-electron chi connectivity index (χ4n) is 1.64. The topological polar surface area (TPSA) is 103 Å². The molecule has 1 heterocycles. The Labute approximate surface area is 112 Å². The predicted molar refractivity (Wildman–Crippen MR) is 70.2 cm³/mol. The molecule has 19 heavy (non-hydrogen) atoms. The maximum atomic E-state index is 12.0. The summed E-state index contributed by atoms with van der Waals surface area (Å²) in [5, 5.41) is 7.79. The van der Waals surface area contributed by atoms with E-state index in [1.54, 1.807) is 14.2 Å². The average Bonchev–Trinajstić information content (AvgIpc) is 2.70. The summed E-state index contributed by atoms with van der Waals surface area (Å²) < 4.78 is 28.8. The van der Waals surface area contributed by atoms with Gasteiger partial charge in [0.2, 0.25) is 10.0 Å². The second kappa shape index (κ2) is 6.18. The Morgan fingerprint density at radius 2 is 2.21 bits per heavy atom. The van der Waals surface area contributed by atoms with Gasteiger partial charge in [0.05, 0.1) is 12.6 Å². The monoisotopic (exact) mass is 289 g/mol. The second-order valence-corrected chi connectivity index (χ2v) is 5.81. The highest BCUT2D eigenvalue weighted by atomic mass is 32.2. The third kappa shape index (κ3) is 4.05. The number of nitrogens with zero attached hydrogens (tertiary/aromatic N) is 1. The highest BCUT2D eigenvalue weighted by Crippen LogP contribution is 2.12. The van der Waals surface area contributed by atoms with E-state index in [0.29, 0.717) is 13.0 Å². The third-order valence-electron chi connectivity index (χ3n) is 2.74. The molecule has 1 atom stereocenters. The highest BCUT2D eigenvalue weighted by molar-refractivity contribution is 7.89. The van der Waals surface area contributed by atoms with Crippen LogP contribution in [0.15, 0.2) is 17.2 Å². The minimum Gasteiger partial charge on any atom is -0.383 e. The fourth-order valence-corrected chi connectivity index (χ4v) is 2.22. The number of methoxy groups -OCH3 is 1. The van der Waals surface area contributed by atoms with Gasteiger partial charge in [-0.25, -0.2) is 13.6 Å². The van der Waals surface area contributed by atoms with E-state index < -0.39 is 10.0 Å². The summed E-state index contributed by atoms with van der Waals surface area (Å²) in [4.78, 5) is 11.9. The van der Waals surface area contributed by atoms with Gasteiger partial charge in [-0.15, -0.1) is 0 Å². The minimum atomic E-state index is -3.81. The summed E-state index contributed by atoms with van der Waals surface area (Å²) in [5.41, 5.74) is 0.235. The SMILES string of the molecule is CCC(COC)NC(=O)c1cc(S(N)(=O)=O)cn1C. The van der Waals surface area contributed by atoms with Crippen molar-refractivity contribution in [2.45, 2.75) is 24.3 Å². The molecule has 108 valence electrons. The van der Waals surface area contributed by atoms with Crippen LogP contribution in [0.3, 0.4) is 0 Å². The smallest absolute Gasteiger partial charge is 0.268 e. The quantitative estimate of drug-likeness (QED) is 0.758. The van der Waals surface area contributed by atoms with Gasteiger partial charge in [-0.1, -0.05) is 6.92 Å². The number of primary sulfonamides is 1. The summed E-state index contributed by atoms with van der Waals surface area (Å²) in [7, 11) is -0.672. The number of amides is 1. The molecule has 1 rings (SSSR count). The van der Waals surface area contributed by atoms with Gasteiger partial charge in [0.25, 0.3) is 5.91 Å². The van der Waals surface area contributed by atoms with Crippen molar-refractivity contribution in [1.82, 2.24) is 9.88 Å². The lowest BCUT2D eigenvalue weighted by Crippen LogP contribution is -2.38. The molecule has 1 aromatic heterocycles. The molecule has 0 aromatic carbocycles. The van der Waals surface area contributed by atoms with Crippen LogP contribution in [0.25, 0.3) is 0 Å². The summed E-state index contributed by atoms with van der Waals surface area (Å²) in [6.07, 6.45) is 2.02. The van der Waals surface area contributed by atoms with E-state index in [9.17, 15) is 13.2 Å². The third-order valence-corrected chi connectivity index (χ3v) is 3.62. The molecule has 0 aliphatic heterocycles. The van der Waals surface area contributed by atoms with E-state index in [0.717, 1.165) is 0 Å². The number of carbonyl (C=O) groups is 1. The van der Waals surface area contributed by atoms with Gasteiger partial charge in [-0.05, 0) is 12.5 Å². The number of ether oxygens (including phenoxy) is 1. The molecular formula is C11H19N3O4S. The number of hydrogen-bond donors (Lipinski definition) is 2. The van der Waals surface area contributed by atoms with Crippen molar-refractivity contribution < 1.29 is 17.9 Å². The molecule has 0 fully saturated rings. The highest BCUT2D eigenvalue weighted by Gasteiger charge is 2.19. The lowest BCUT2D eigenvalue weighted by Gasteiger charge is -2.15. The zero-order chi connectivity index (χ0) is 14.6. The van der Waals surface area contributed by atoms with E-state index in [-0.39, 0.29) is 22.5 Å². The Kier molecular flexibility index (Phi) is 5.10. The van der Waals surface area contributed by atoms with Crippen molar-refractivity contribution in [2.24, 2.45) is 12.2 Å². The van der Waals surface area contributed by atoms with Gasteiger partial charge >= 0.3 is 0 Å². The van der Waals surface area contributed by atoms with Crippen LogP contribution in [-0.4, -0.2) is 38.7 Å². The molecule has 1 amide bonds. The number of rotatable bonds is 6. The number of aryl methyl sites for hydroxylation is 1. The van der Waals surface area contributed by atoms with E-state index >= 15 is 0 Å². The second-order valence-electron chi connectivity index (χ2n) is 4.25. The van der Waals surface area contributed by atoms with Gasteiger partial charge in [-0.3, -0.25) is 4.79 Å².